The highest BCUT2D eigenvalue weighted by Crippen LogP contribution is 2.10. The predicted octanol–water partition coefficient (Wildman–Crippen LogP) is 2.10. The Morgan fingerprint density at radius 3 is 3.12 bits per heavy atom. The number of aromatic nitrogens is 3. The molecule has 17 heavy (non-hydrogen) atoms. The maximum Gasteiger partial charge on any atom is 0.208 e. The van der Waals surface area contributed by atoms with Gasteiger partial charge in [0.15, 0.2) is 0 Å². The van der Waals surface area contributed by atoms with Crippen molar-refractivity contribution < 1.29 is 0 Å². The van der Waals surface area contributed by atoms with Crippen molar-refractivity contribution in [1.82, 2.24) is 20.5 Å². The molecular weight excluding hydrogens is 252 g/mol. The maximum absolute atomic E-state index is 4.24. The summed E-state index contributed by atoms with van der Waals surface area (Å²) in [4.78, 5) is 4.24. The van der Waals surface area contributed by atoms with Gasteiger partial charge in [-0.05, 0) is 42.3 Å². The van der Waals surface area contributed by atoms with E-state index in [0.717, 1.165) is 36.2 Å². The zero-order valence-corrected chi connectivity index (χ0v) is 11.4. The van der Waals surface area contributed by atoms with Gasteiger partial charge in [0, 0.05) is 12.3 Å². The number of hydrogen-bond donors (Lipinski definition) is 2. The lowest BCUT2D eigenvalue weighted by atomic mass is 10.2. The van der Waals surface area contributed by atoms with Gasteiger partial charge in [0.2, 0.25) is 5.16 Å². The summed E-state index contributed by atoms with van der Waals surface area (Å²) in [6, 6.07) is 2.18. The SMILES string of the molecule is Cc1nc(SCCNCCc2ccsc2)n[nH]1. The highest BCUT2D eigenvalue weighted by molar-refractivity contribution is 7.99. The van der Waals surface area contributed by atoms with E-state index in [1.807, 2.05) is 6.92 Å². The first-order valence-electron chi connectivity index (χ1n) is 5.58. The molecule has 2 N–H and O–H groups in total. The van der Waals surface area contributed by atoms with Gasteiger partial charge in [-0.2, -0.15) is 11.3 Å². The van der Waals surface area contributed by atoms with Gasteiger partial charge < -0.3 is 5.32 Å². The van der Waals surface area contributed by atoms with Gasteiger partial charge >= 0.3 is 0 Å². The number of H-pyrrole nitrogens is 1. The molecule has 0 aliphatic rings. The Hall–Kier alpha value is -0.850. The van der Waals surface area contributed by atoms with Crippen LogP contribution in [0.2, 0.25) is 0 Å². The van der Waals surface area contributed by atoms with E-state index in [1.165, 1.54) is 5.56 Å². The Balaban J connectivity index is 1.52. The Labute approximate surface area is 109 Å². The molecule has 0 bridgehead atoms. The molecule has 2 rings (SSSR count). The average molecular weight is 268 g/mol. The number of aryl methyl sites for hydroxylation is 1. The smallest absolute Gasteiger partial charge is 0.208 e. The normalized spacial score (nSPS) is 10.9. The molecule has 0 fully saturated rings. The summed E-state index contributed by atoms with van der Waals surface area (Å²) in [6.45, 7) is 3.93. The van der Waals surface area contributed by atoms with E-state index in [9.17, 15) is 0 Å². The lowest BCUT2D eigenvalue weighted by molar-refractivity contribution is 0.721. The molecule has 0 saturated carbocycles. The third-order valence-electron chi connectivity index (χ3n) is 2.26. The number of nitrogens with zero attached hydrogens (tertiary/aromatic N) is 2. The van der Waals surface area contributed by atoms with Crippen molar-refractivity contribution >= 4 is 23.1 Å². The van der Waals surface area contributed by atoms with E-state index in [4.69, 9.17) is 0 Å². The van der Waals surface area contributed by atoms with Crippen molar-refractivity contribution in [2.45, 2.75) is 18.5 Å². The molecule has 6 heteroatoms. The van der Waals surface area contributed by atoms with Gasteiger partial charge in [0.05, 0.1) is 0 Å². The summed E-state index contributed by atoms with van der Waals surface area (Å²) < 4.78 is 0. The van der Waals surface area contributed by atoms with Gasteiger partial charge in [-0.25, -0.2) is 4.98 Å². The van der Waals surface area contributed by atoms with Crippen molar-refractivity contribution in [3.8, 4) is 0 Å². The van der Waals surface area contributed by atoms with E-state index in [-0.39, 0.29) is 0 Å². The molecule has 0 spiro atoms. The topological polar surface area (TPSA) is 53.6 Å². The first-order valence-corrected chi connectivity index (χ1v) is 7.51. The van der Waals surface area contributed by atoms with Crippen molar-refractivity contribution in [3.63, 3.8) is 0 Å². The van der Waals surface area contributed by atoms with Gasteiger partial charge in [-0.3, -0.25) is 5.10 Å². The fraction of sp³-hybridized carbons (Fsp3) is 0.455. The van der Waals surface area contributed by atoms with E-state index in [1.54, 1.807) is 23.1 Å². The second-order valence-corrected chi connectivity index (χ2v) is 5.53. The third kappa shape index (κ3) is 4.49. The molecular formula is C11H16N4S2. The molecule has 0 aliphatic carbocycles. The van der Waals surface area contributed by atoms with Crippen molar-refractivity contribution in [2.24, 2.45) is 0 Å². The highest BCUT2D eigenvalue weighted by atomic mass is 32.2. The first kappa shape index (κ1) is 12.6. The molecule has 2 aromatic heterocycles. The van der Waals surface area contributed by atoms with Crippen LogP contribution in [0, 0.1) is 6.92 Å². The largest absolute Gasteiger partial charge is 0.316 e. The molecule has 0 aromatic carbocycles. The second-order valence-electron chi connectivity index (χ2n) is 3.68. The summed E-state index contributed by atoms with van der Waals surface area (Å²) in [7, 11) is 0. The van der Waals surface area contributed by atoms with Crippen LogP contribution in [0.25, 0.3) is 0 Å². The average Bonchev–Trinajstić information content (AvgIpc) is 2.95. The van der Waals surface area contributed by atoms with Crippen LogP contribution in [0.5, 0.6) is 0 Å². The molecule has 92 valence electrons. The Morgan fingerprint density at radius 1 is 1.47 bits per heavy atom. The van der Waals surface area contributed by atoms with Crippen LogP contribution in [0.1, 0.15) is 11.4 Å². The number of aromatic amines is 1. The molecule has 0 unspecified atom stereocenters. The Morgan fingerprint density at radius 2 is 2.41 bits per heavy atom. The first-order chi connectivity index (χ1) is 8.34. The van der Waals surface area contributed by atoms with Crippen molar-refractivity contribution in [2.75, 3.05) is 18.8 Å². The van der Waals surface area contributed by atoms with Gasteiger partial charge in [-0.15, -0.1) is 5.10 Å². The van der Waals surface area contributed by atoms with Crippen LogP contribution in [0.15, 0.2) is 22.0 Å². The van der Waals surface area contributed by atoms with Crippen molar-refractivity contribution in [1.29, 1.82) is 0 Å². The zero-order chi connectivity index (χ0) is 11.9. The van der Waals surface area contributed by atoms with Crippen LogP contribution in [0.4, 0.5) is 0 Å². The van der Waals surface area contributed by atoms with E-state index < -0.39 is 0 Å². The van der Waals surface area contributed by atoms with Crippen LogP contribution in [-0.4, -0.2) is 34.0 Å². The number of thiophene rings is 1. The van der Waals surface area contributed by atoms with Gasteiger partial charge in [0.1, 0.15) is 5.82 Å². The van der Waals surface area contributed by atoms with E-state index in [0.29, 0.717) is 0 Å². The summed E-state index contributed by atoms with van der Waals surface area (Å²) in [5.74, 6) is 1.87. The van der Waals surface area contributed by atoms with Crippen LogP contribution in [-0.2, 0) is 6.42 Å². The molecule has 0 atom stereocenters. The molecule has 0 saturated heterocycles. The van der Waals surface area contributed by atoms with Crippen LogP contribution < -0.4 is 5.32 Å². The van der Waals surface area contributed by atoms with E-state index in [2.05, 4.69) is 37.3 Å². The molecule has 0 amide bonds. The fourth-order valence-corrected chi connectivity index (χ4v) is 2.84. The van der Waals surface area contributed by atoms with Crippen LogP contribution >= 0.6 is 23.1 Å². The number of thioether (sulfide) groups is 1. The standard InChI is InChI=1S/C11H16N4S2/c1-9-13-11(15-14-9)17-7-5-12-4-2-10-3-6-16-8-10/h3,6,8,12H,2,4-5,7H2,1H3,(H,13,14,15). The second kappa shape index (κ2) is 6.78. The van der Waals surface area contributed by atoms with Gasteiger partial charge in [0.25, 0.3) is 0 Å². The summed E-state index contributed by atoms with van der Waals surface area (Å²) in [5, 5.41) is 15.5. The summed E-state index contributed by atoms with van der Waals surface area (Å²) in [5.41, 5.74) is 1.42. The lowest BCUT2D eigenvalue weighted by Crippen LogP contribution is -2.19. The van der Waals surface area contributed by atoms with Gasteiger partial charge in [-0.1, -0.05) is 11.8 Å². The summed E-state index contributed by atoms with van der Waals surface area (Å²) in [6.07, 6.45) is 1.11. The number of nitrogens with one attached hydrogen (secondary N) is 2. The maximum atomic E-state index is 4.24. The Bertz CT molecular complexity index is 424. The summed E-state index contributed by atoms with van der Waals surface area (Å²) >= 11 is 3.43. The minimum atomic E-state index is 0.835. The lowest BCUT2D eigenvalue weighted by Gasteiger charge is -2.01. The zero-order valence-electron chi connectivity index (χ0n) is 9.77. The number of rotatable bonds is 7. The number of hydrogen-bond acceptors (Lipinski definition) is 5. The van der Waals surface area contributed by atoms with Crippen LogP contribution in [0.3, 0.4) is 0 Å². The van der Waals surface area contributed by atoms with Crippen molar-refractivity contribution in [3.05, 3.63) is 28.2 Å². The minimum absolute atomic E-state index is 0.835. The molecule has 4 nitrogen and oxygen atoms in total. The molecule has 2 aromatic rings. The molecule has 2 heterocycles. The monoisotopic (exact) mass is 268 g/mol. The van der Waals surface area contributed by atoms with E-state index >= 15 is 0 Å². The molecule has 0 radical (unpaired) electrons. The minimum Gasteiger partial charge on any atom is -0.316 e. The third-order valence-corrected chi connectivity index (χ3v) is 3.84. The highest BCUT2D eigenvalue weighted by Gasteiger charge is 1.99. The Kier molecular flexibility index (Phi) is 5.03. The quantitative estimate of drug-likeness (QED) is 0.596. The fourth-order valence-electron chi connectivity index (χ4n) is 1.39. The molecule has 0 aliphatic heterocycles. The predicted molar refractivity (Wildman–Crippen MR) is 72.7 cm³/mol.